The van der Waals surface area contributed by atoms with E-state index in [0.717, 1.165) is 0 Å². The summed E-state index contributed by atoms with van der Waals surface area (Å²) in [5, 5.41) is 5.47. The van der Waals surface area contributed by atoms with Crippen molar-refractivity contribution in [3.8, 4) is 0 Å². The number of amides is 2. The molecule has 4 N–H and O–H groups in total. The maximum absolute atomic E-state index is 11.5. The van der Waals surface area contributed by atoms with E-state index in [9.17, 15) is 9.59 Å². The third-order valence-corrected chi connectivity index (χ3v) is 2.28. The molecule has 2 amide bonds. The van der Waals surface area contributed by atoms with Crippen molar-refractivity contribution in [2.75, 3.05) is 10.6 Å². The Hall–Kier alpha value is -1.59. The summed E-state index contributed by atoms with van der Waals surface area (Å²) >= 11 is 0. The molecule has 0 fully saturated rings. The molecule has 0 heterocycles. The molecule has 0 aliphatic heterocycles. The number of anilines is 2. The van der Waals surface area contributed by atoms with Crippen LogP contribution in [0, 0.1) is 0 Å². The normalized spacial score (nSPS) is 11.1. The Morgan fingerprint density at radius 1 is 1.11 bits per heavy atom. The van der Waals surface area contributed by atoms with Crippen LogP contribution in [0.1, 0.15) is 26.7 Å². The Kier molecular flexibility index (Phi) is 7.79. The molecule has 1 rings (SSSR count). The lowest BCUT2D eigenvalue weighted by Crippen LogP contribution is -2.23. The van der Waals surface area contributed by atoms with E-state index >= 15 is 0 Å². The zero-order chi connectivity index (χ0) is 13.5. The summed E-state index contributed by atoms with van der Waals surface area (Å²) in [6.07, 6.45) is 0.723. The van der Waals surface area contributed by atoms with E-state index in [0.29, 0.717) is 17.8 Å². The van der Waals surface area contributed by atoms with Gasteiger partial charge in [0, 0.05) is 30.3 Å². The summed E-state index contributed by atoms with van der Waals surface area (Å²) in [7, 11) is 0. The van der Waals surface area contributed by atoms with Crippen LogP contribution in [0.4, 0.5) is 11.4 Å². The van der Waals surface area contributed by atoms with Crippen molar-refractivity contribution >= 4 is 35.6 Å². The van der Waals surface area contributed by atoms with Gasteiger partial charge in [-0.05, 0) is 31.2 Å². The number of rotatable bonds is 5. The first-order chi connectivity index (χ1) is 8.51. The van der Waals surface area contributed by atoms with E-state index in [2.05, 4.69) is 10.6 Å². The second-order valence-electron chi connectivity index (χ2n) is 4.21. The Labute approximate surface area is 119 Å². The highest BCUT2D eigenvalue weighted by atomic mass is 35.5. The van der Waals surface area contributed by atoms with Gasteiger partial charge in [0.25, 0.3) is 0 Å². The Balaban J connectivity index is 0.00000324. The predicted molar refractivity (Wildman–Crippen MR) is 79.5 cm³/mol. The number of carbonyl (C=O) groups excluding carboxylic acids is 2. The van der Waals surface area contributed by atoms with Gasteiger partial charge in [0.15, 0.2) is 0 Å². The van der Waals surface area contributed by atoms with Crippen LogP contribution < -0.4 is 16.4 Å². The molecular formula is C13H20ClN3O2. The van der Waals surface area contributed by atoms with Crippen molar-refractivity contribution in [3.05, 3.63) is 24.3 Å². The van der Waals surface area contributed by atoms with Crippen LogP contribution in [0.15, 0.2) is 24.3 Å². The monoisotopic (exact) mass is 285 g/mol. The molecule has 19 heavy (non-hydrogen) atoms. The molecule has 106 valence electrons. The fourth-order valence-corrected chi connectivity index (χ4v) is 1.39. The lowest BCUT2D eigenvalue weighted by molar-refractivity contribution is -0.117. The standard InChI is InChI=1S/C13H19N3O2.ClH/c1-3-12(17)15-10-4-6-11(7-5-10)16-13(18)8-9(2)14;/h4-7,9H,3,8,14H2,1-2H3,(H,15,17)(H,16,18);1H. The third-order valence-electron chi connectivity index (χ3n) is 2.28. The smallest absolute Gasteiger partial charge is 0.225 e. The van der Waals surface area contributed by atoms with Gasteiger partial charge in [-0.25, -0.2) is 0 Å². The van der Waals surface area contributed by atoms with Crippen molar-refractivity contribution in [1.82, 2.24) is 0 Å². The Bertz CT molecular complexity index is 418. The molecule has 0 aromatic heterocycles. The van der Waals surface area contributed by atoms with Gasteiger partial charge in [-0.1, -0.05) is 6.92 Å². The molecule has 0 bridgehead atoms. The van der Waals surface area contributed by atoms with Gasteiger partial charge in [0.2, 0.25) is 11.8 Å². The molecule has 1 unspecified atom stereocenters. The molecule has 0 saturated carbocycles. The summed E-state index contributed by atoms with van der Waals surface area (Å²) in [5.74, 6) is -0.154. The average Bonchev–Trinajstić information content (AvgIpc) is 2.30. The van der Waals surface area contributed by atoms with Gasteiger partial charge in [0.05, 0.1) is 0 Å². The summed E-state index contributed by atoms with van der Waals surface area (Å²) < 4.78 is 0. The van der Waals surface area contributed by atoms with Gasteiger partial charge in [-0.2, -0.15) is 0 Å². The van der Waals surface area contributed by atoms with E-state index in [1.165, 1.54) is 0 Å². The quantitative estimate of drug-likeness (QED) is 0.775. The van der Waals surface area contributed by atoms with Crippen LogP contribution in [-0.4, -0.2) is 17.9 Å². The zero-order valence-corrected chi connectivity index (χ0v) is 11.9. The van der Waals surface area contributed by atoms with E-state index in [-0.39, 0.29) is 36.7 Å². The second kappa shape index (κ2) is 8.50. The van der Waals surface area contributed by atoms with Crippen LogP contribution in [0.3, 0.4) is 0 Å². The van der Waals surface area contributed by atoms with Crippen molar-refractivity contribution in [1.29, 1.82) is 0 Å². The Morgan fingerprint density at radius 2 is 1.53 bits per heavy atom. The molecule has 0 radical (unpaired) electrons. The number of hydrogen-bond acceptors (Lipinski definition) is 3. The molecule has 0 saturated heterocycles. The lowest BCUT2D eigenvalue weighted by Gasteiger charge is -2.08. The highest BCUT2D eigenvalue weighted by Gasteiger charge is 2.05. The first kappa shape index (κ1) is 17.4. The first-order valence-corrected chi connectivity index (χ1v) is 5.96. The molecule has 5 nitrogen and oxygen atoms in total. The Morgan fingerprint density at radius 3 is 1.89 bits per heavy atom. The van der Waals surface area contributed by atoms with Gasteiger partial charge < -0.3 is 16.4 Å². The molecule has 1 aromatic carbocycles. The minimum atomic E-state index is -0.159. The van der Waals surface area contributed by atoms with Crippen molar-refractivity contribution in [2.45, 2.75) is 32.7 Å². The number of carbonyl (C=O) groups is 2. The van der Waals surface area contributed by atoms with Crippen LogP contribution in [0.5, 0.6) is 0 Å². The van der Waals surface area contributed by atoms with Gasteiger partial charge >= 0.3 is 0 Å². The number of halogens is 1. The lowest BCUT2D eigenvalue weighted by atomic mass is 10.2. The molecule has 0 aliphatic rings. The topological polar surface area (TPSA) is 84.2 Å². The minimum Gasteiger partial charge on any atom is -0.327 e. The van der Waals surface area contributed by atoms with Crippen LogP contribution in [-0.2, 0) is 9.59 Å². The van der Waals surface area contributed by atoms with Gasteiger partial charge in [-0.3, -0.25) is 9.59 Å². The summed E-state index contributed by atoms with van der Waals surface area (Å²) in [5.41, 5.74) is 6.94. The fourth-order valence-electron chi connectivity index (χ4n) is 1.39. The SMILES string of the molecule is CCC(=O)Nc1ccc(NC(=O)CC(C)N)cc1.Cl. The van der Waals surface area contributed by atoms with E-state index in [4.69, 9.17) is 5.73 Å². The average molecular weight is 286 g/mol. The zero-order valence-electron chi connectivity index (χ0n) is 11.1. The number of hydrogen-bond donors (Lipinski definition) is 3. The maximum atomic E-state index is 11.5. The maximum Gasteiger partial charge on any atom is 0.225 e. The summed E-state index contributed by atoms with van der Waals surface area (Å²) in [4.78, 5) is 22.6. The van der Waals surface area contributed by atoms with Gasteiger partial charge in [0.1, 0.15) is 0 Å². The largest absolute Gasteiger partial charge is 0.327 e. The third kappa shape index (κ3) is 6.79. The molecule has 0 aliphatic carbocycles. The first-order valence-electron chi connectivity index (χ1n) is 5.96. The highest BCUT2D eigenvalue weighted by Crippen LogP contribution is 2.14. The summed E-state index contributed by atoms with van der Waals surface area (Å²) in [6, 6.07) is 6.81. The molecule has 6 heteroatoms. The van der Waals surface area contributed by atoms with Gasteiger partial charge in [-0.15, -0.1) is 12.4 Å². The number of nitrogens with two attached hydrogens (primary N) is 1. The summed E-state index contributed by atoms with van der Waals surface area (Å²) in [6.45, 7) is 3.57. The van der Waals surface area contributed by atoms with Crippen molar-refractivity contribution < 1.29 is 9.59 Å². The number of nitrogens with one attached hydrogen (secondary N) is 2. The van der Waals surface area contributed by atoms with E-state index < -0.39 is 0 Å². The molecule has 1 aromatic rings. The van der Waals surface area contributed by atoms with Crippen LogP contribution in [0.2, 0.25) is 0 Å². The number of benzene rings is 1. The highest BCUT2D eigenvalue weighted by molar-refractivity contribution is 5.93. The van der Waals surface area contributed by atoms with E-state index in [1.54, 1.807) is 38.1 Å². The minimum absolute atomic E-state index is 0. The molecule has 0 spiro atoms. The van der Waals surface area contributed by atoms with Crippen molar-refractivity contribution in [3.63, 3.8) is 0 Å². The molecular weight excluding hydrogens is 266 g/mol. The predicted octanol–water partition coefficient (Wildman–Crippen LogP) is 2.13. The second-order valence-corrected chi connectivity index (χ2v) is 4.21. The van der Waals surface area contributed by atoms with E-state index in [1.807, 2.05) is 0 Å². The fraction of sp³-hybridized carbons (Fsp3) is 0.385. The molecule has 1 atom stereocenters. The van der Waals surface area contributed by atoms with Crippen LogP contribution in [0.25, 0.3) is 0 Å². The van der Waals surface area contributed by atoms with Crippen LogP contribution >= 0.6 is 12.4 Å². The van der Waals surface area contributed by atoms with Crippen molar-refractivity contribution in [2.24, 2.45) is 5.73 Å².